The summed E-state index contributed by atoms with van der Waals surface area (Å²) < 4.78 is 2.05. The Kier molecular flexibility index (Phi) is 6.21. The third kappa shape index (κ3) is 4.21. The van der Waals surface area contributed by atoms with Gasteiger partial charge in [-0.2, -0.15) is 0 Å². The van der Waals surface area contributed by atoms with Gasteiger partial charge in [-0.1, -0.05) is 62.8 Å². The van der Waals surface area contributed by atoms with Crippen molar-refractivity contribution in [1.82, 2.24) is 20.0 Å². The van der Waals surface area contributed by atoms with Gasteiger partial charge in [0.15, 0.2) is 0 Å². The summed E-state index contributed by atoms with van der Waals surface area (Å²) in [6.07, 6.45) is 10.6. The van der Waals surface area contributed by atoms with E-state index >= 15 is 0 Å². The number of hydrogen-bond acceptors (Lipinski definition) is 4. The second-order valence-electron chi connectivity index (χ2n) is 7.07. The summed E-state index contributed by atoms with van der Waals surface area (Å²) in [7, 11) is 0. The van der Waals surface area contributed by atoms with Gasteiger partial charge >= 0.3 is 0 Å². The van der Waals surface area contributed by atoms with E-state index in [1.807, 2.05) is 36.0 Å². The lowest BCUT2D eigenvalue weighted by Gasteiger charge is -2.19. The molecule has 26 heavy (non-hydrogen) atoms. The quantitative estimate of drug-likeness (QED) is 0.547. The van der Waals surface area contributed by atoms with Crippen LogP contribution in [-0.2, 0) is 0 Å². The Bertz CT molecular complexity index is 839. The summed E-state index contributed by atoms with van der Waals surface area (Å²) >= 11 is 0. The number of aryl methyl sites for hydroxylation is 1. The van der Waals surface area contributed by atoms with E-state index in [2.05, 4.69) is 34.4 Å². The maximum atomic E-state index is 5.92. The smallest absolute Gasteiger partial charge is 0.126 e. The molecule has 0 saturated carbocycles. The van der Waals surface area contributed by atoms with Crippen LogP contribution < -0.4 is 5.73 Å². The number of rotatable bonds is 9. The SMILES string of the molecule is CCCCCCCCC(c1cnc(N)c(C)c1)n1nnc2ccccc21. The van der Waals surface area contributed by atoms with Gasteiger partial charge in [-0.3, -0.25) is 0 Å². The highest BCUT2D eigenvalue weighted by Gasteiger charge is 2.18. The van der Waals surface area contributed by atoms with Crippen LogP contribution in [0.3, 0.4) is 0 Å². The fourth-order valence-corrected chi connectivity index (χ4v) is 3.45. The van der Waals surface area contributed by atoms with Gasteiger partial charge in [0.1, 0.15) is 11.3 Å². The highest BCUT2D eigenvalue weighted by molar-refractivity contribution is 5.74. The number of nitrogen functional groups attached to an aromatic ring is 1. The molecule has 0 radical (unpaired) electrons. The van der Waals surface area contributed by atoms with Crippen molar-refractivity contribution in [2.24, 2.45) is 0 Å². The number of unbranched alkanes of at least 4 members (excludes halogenated alkanes) is 5. The van der Waals surface area contributed by atoms with Crippen LogP contribution in [0, 0.1) is 6.92 Å². The Balaban J connectivity index is 1.83. The third-order valence-corrected chi connectivity index (χ3v) is 5.03. The summed E-state index contributed by atoms with van der Waals surface area (Å²) in [4.78, 5) is 4.37. The van der Waals surface area contributed by atoms with Gasteiger partial charge in [0.05, 0.1) is 11.6 Å². The second kappa shape index (κ2) is 8.79. The fourth-order valence-electron chi connectivity index (χ4n) is 3.45. The number of pyridine rings is 1. The first kappa shape index (κ1) is 18.4. The zero-order chi connectivity index (χ0) is 18.4. The van der Waals surface area contributed by atoms with Crippen molar-refractivity contribution in [1.29, 1.82) is 0 Å². The molecule has 5 heteroatoms. The molecule has 0 aliphatic heterocycles. The molecule has 138 valence electrons. The molecular weight excluding hydrogens is 322 g/mol. The molecule has 2 aromatic heterocycles. The molecule has 0 saturated heterocycles. The summed E-state index contributed by atoms with van der Waals surface area (Å²) in [6, 6.07) is 10.4. The molecule has 0 spiro atoms. The Hall–Kier alpha value is -2.43. The number of nitrogens with zero attached hydrogens (tertiary/aromatic N) is 4. The van der Waals surface area contributed by atoms with E-state index in [-0.39, 0.29) is 6.04 Å². The normalized spacial score (nSPS) is 12.5. The molecule has 0 fully saturated rings. The van der Waals surface area contributed by atoms with Crippen LogP contribution in [0.15, 0.2) is 36.5 Å². The average molecular weight is 351 g/mol. The summed E-state index contributed by atoms with van der Waals surface area (Å²) in [5.41, 5.74) is 10.1. The van der Waals surface area contributed by atoms with Gasteiger partial charge in [-0.05, 0) is 42.7 Å². The zero-order valence-corrected chi connectivity index (χ0v) is 15.9. The van der Waals surface area contributed by atoms with E-state index in [1.165, 1.54) is 38.5 Å². The molecule has 5 nitrogen and oxygen atoms in total. The van der Waals surface area contributed by atoms with Crippen molar-refractivity contribution in [2.75, 3.05) is 5.73 Å². The molecule has 0 bridgehead atoms. The molecule has 0 aliphatic rings. The number of nitrogens with two attached hydrogens (primary N) is 1. The van der Waals surface area contributed by atoms with Crippen molar-refractivity contribution < 1.29 is 0 Å². The van der Waals surface area contributed by atoms with Gasteiger partial charge in [0, 0.05) is 6.20 Å². The fraction of sp³-hybridized carbons (Fsp3) is 0.476. The number of aromatic nitrogens is 4. The molecule has 1 atom stereocenters. The number of fused-ring (bicyclic) bond motifs is 1. The van der Waals surface area contributed by atoms with Crippen LogP contribution in [0.25, 0.3) is 11.0 Å². The number of para-hydroxylation sites is 1. The van der Waals surface area contributed by atoms with Gasteiger partial charge in [0.2, 0.25) is 0 Å². The van der Waals surface area contributed by atoms with Crippen molar-refractivity contribution in [2.45, 2.75) is 64.8 Å². The van der Waals surface area contributed by atoms with Crippen molar-refractivity contribution in [3.8, 4) is 0 Å². The maximum Gasteiger partial charge on any atom is 0.126 e. The van der Waals surface area contributed by atoms with Gasteiger partial charge in [-0.25, -0.2) is 9.67 Å². The van der Waals surface area contributed by atoms with Crippen LogP contribution in [0.5, 0.6) is 0 Å². The largest absolute Gasteiger partial charge is 0.383 e. The van der Waals surface area contributed by atoms with E-state index in [0.29, 0.717) is 5.82 Å². The summed E-state index contributed by atoms with van der Waals surface area (Å²) in [6.45, 7) is 4.26. The first-order valence-corrected chi connectivity index (χ1v) is 9.72. The maximum absolute atomic E-state index is 5.92. The summed E-state index contributed by atoms with van der Waals surface area (Å²) in [5.74, 6) is 0.593. The summed E-state index contributed by atoms with van der Waals surface area (Å²) in [5, 5.41) is 8.80. The van der Waals surface area contributed by atoms with Crippen LogP contribution >= 0.6 is 0 Å². The minimum Gasteiger partial charge on any atom is -0.383 e. The predicted octanol–water partition coefficient (Wildman–Crippen LogP) is 5.06. The lowest BCUT2D eigenvalue weighted by Crippen LogP contribution is -2.13. The number of hydrogen-bond donors (Lipinski definition) is 1. The van der Waals surface area contributed by atoms with E-state index in [9.17, 15) is 0 Å². The molecule has 1 aromatic carbocycles. The Labute approximate surface area is 155 Å². The monoisotopic (exact) mass is 351 g/mol. The standard InChI is InChI=1S/C21H29N5/c1-3-4-5-6-7-8-12-19(17-14-16(2)21(22)23-15-17)26-20-13-10-9-11-18(20)24-25-26/h9-11,13-15,19H,3-8,12H2,1-2H3,(H2,22,23). The van der Waals surface area contributed by atoms with Crippen LogP contribution in [0.1, 0.15) is 69.0 Å². The van der Waals surface area contributed by atoms with Crippen LogP contribution in [0.2, 0.25) is 0 Å². The number of anilines is 1. The van der Waals surface area contributed by atoms with Crippen molar-refractivity contribution in [3.63, 3.8) is 0 Å². The molecule has 2 heterocycles. The van der Waals surface area contributed by atoms with E-state index in [0.717, 1.165) is 28.6 Å². The van der Waals surface area contributed by atoms with E-state index in [1.54, 1.807) is 0 Å². The first-order chi connectivity index (χ1) is 12.7. The van der Waals surface area contributed by atoms with Gasteiger partial charge in [-0.15, -0.1) is 5.10 Å². The molecule has 3 aromatic rings. The van der Waals surface area contributed by atoms with Crippen molar-refractivity contribution in [3.05, 3.63) is 47.7 Å². The lowest BCUT2D eigenvalue weighted by atomic mass is 9.99. The minimum atomic E-state index is 0.139. The average Bonchev–Trinajstić information content (AvgIpc) is 3.08. The number of benzene rings is 1. The zero-order valence-electron chi connectivity index (χ0n) is 15.9. The van der Waals surface area contributed by atoms with E-state index < -0.39 is 0 Å². The first-order valence-electron chi connectivity index (χ1n) is 9.72. The molecule has 0 amide bonds. The lowest BCUT2D eigenvalue weighted by molar-refractivity contribution is 0.457. The topological polar surface area (TPSA) is 69.6 Å². The van der Waals surface area contributed by atoms with Gasteiger partial charge < -0.3 is 5.73 Å². The highest BCUT2D eigenvalue weighted by Crippen LogP contribution is 2.28. The molecule has 3 rings (SSSR count). The predicted molar refractivity (Wildman–Crippen MR) is 107 cm³/mol. The Morgan fingerprint density at radius 1 is 1.08 bits per heavy atom. The third-order valence-electron chi connectivity index (χ3n) is 5.03. The highest BCUT2D eigenvalue weighted by atomic mass is 15.4. The van der Waals surface area contributed by atoms with Crippen LogP contribution in [0.4, 0.5) is 5.82 Å². The molecule has 0 aliphatic carbocycles. The van der Waals surface area contributed by atoms with Gasteiger partial charge in [0.25, 0.3) is 0 Å². The minimum absolute atomic E-state index is 0.139. The second-order valence-corrected chi connectivity index (χ2v) is 7.07. The molecular formula is C21H29N5. The molecule has 2 N–H and O–H groups in total. The Morgan fingerprint density at radius 2 is 1.85 bits per heavy atom. The van der Waals surface area contributed by atoms with Crippen molar-refractivity contribution >= 4 is 16.9 Å². The molecule has 1 unspecified atom stereocenters. The Morgan fingerprint density at radius 3 is 2.65 bits per heavy atom. The van der Waals surface area contributed by atoms with E-state index in [4.69, 9.17) is 5.73 Å². The van der Waals surface area contributed by atoms with Crippen LogP contribution in [-0.4, -0.2) is 20.0 Å².